The van der Waals surface area contributed by atoms with Gasteiger partial charge in [-0.15, -0.1) is 0 Å². The average molecular weight is 324 g/mol. The van der Waals surface area contributed by atoms with Gasteiger partial charge >= 0.3 is 5.97 Å². The number of carboxylic acid groups (broad SMARTS) is 1. The summed E-state index contributed by atoms with van der Waals surface area (Å²) in [7, 11) is 0. The lowest BCUT2D eigenvalue weighted by Crippen LogP contribution is -2.13. The van der Waals surface area contributed by atoms with Crippen LogP contribution in [0.5, 0.6) is 0 Å². The SMILES string of the molecule is Cc1ccc(C(=O)Nc2cc(C(=O)O)ccc2Cl)cc1Cl. The molecule has 0 fully saturated rings. The van der Waals surface area contributed by atoms with E-state index < -0.39 is 11.9 Å². The van der Waals surface area contributed by atoms with Gasteiger partial charge in [0, 0.05) is 10.6 Å². The highest BCUT2D eigenvalue weighted by Gasteiger charge is 2.12. The number of halogens is 2. The normalized spacial score (nSPS) is 10.2. The molecule has 0 saturated carbocycles. The smallest absolute Gasteiger partial charge is 0.335 e. The maximum absolute atomic E-state index is 12.1. The second-order valence-electron chi connectivity index (χ2n) is 4.42. The first-order chi connectivity index (χ1) is 9.88. The molecule has 6 heteroatoms. The minimum absolute atomic E-state index is 0.0386. The maximum atomic E-state index is 12.1. The molecule has 0 saturated heterocycles. The van der Waals surface area contributed by atoms with Crippen LogP contribution < -0.4 is 5.32 Å². The van der Waals surface area contributed by atoms with Crippen LogP contribution in [0.25, 0.3) is 0 Å². The van der Waals surface area contributed by atoms with E-state index in [-0.39, 0.29) is 16.3 Å². The van der Waals surface area contributed by atoms with Crippen LogP contribution in [0.3, 0.4) is 0 Å². The zero-order chi connectivity index (χ0) is 15.6. The third-order valence-corrected chi connectivity index (χ3v) is 3.63. The molecule has 0 atom stereocenters. The number of nitrogens with one attached hydrogen (secondary N) is 1. The van der Waals surface area contributed by atoms with E-state index in [0.717, 1.165) is 5.56 Å². The second kappa shape index (κ2) is 6.16. The lowest BCUT2D eigenvalue weighted by molar-refractivity contribution is 0.0696. The van der Waals surface area contributed by atoms with Gasteiger partial charge in [0.15, 0.2) is 0 Å². The summed E-state index contributed by atoms with van der Waals surface area (Å²) in [6.07, 6.45) is 0. The molecule has 0 spiro atoms. The zero-order valence-corrected chi connectivity index (χ0v) is 12.5. The molecule has 4 nitrogen and oxygen atoms in total. The summed E-state index contributed by atoms with van der Waals surface area (Å²) in [6, 6.07) is 8.99. The van der Waals surface area contributed by atoms with Gasteiger partial charge in [-0.05, 0) is 42.8 Å². The summed E-state index contributed by atoms with van der Waals surface area (Å²) in [6.45, 7) is 1.83. The standard InChI is InChI=1S/C15H11Cl2NO3/c1-8-2-3-9(6-12(8)17)14(19)18-13-7-10(15(20)21)4-5-11(13)16/h2-7H,1H3,(H,18,19)(H,20,21). The third-order valence-electron chi connectivity index (χ3n) is 2.90. The van der Waals surface area contributed by atoms with Gasteiger partial charge in [-0.3, -0.25) is 4.79 Å². The van der Waals surface area contributed by atoms with E-state index >= 15 is 0 Å². The fourth-order valence-electron chi connectivity index (χ4n) is 1.68. The average Bonchev–Trinajstić information content (AvgIpc) is 2.43. The summed E-state index contributed by atoms with van der Waals surface area (Å²) in [5.41, 5.74) is 1.50. The van der Waals surface area contributed by atoms with Gasteiger partial charge in [-0.25, -0.2) is 4.79 Å². The topological polar surface area (TPSA) is 66.4 Å². The summed E-state index contributed by atoms with van der Waals surface area (Å²) in [5.74, 6) is -1.51. The van der Waals surface area contributed by atoms with Gasteiger partial charge in [-0.2, -0.15) is 0 Å². The van der Waals surface area contributed by atoms with Crippen LogP contribution in [-0.2, 0) is 0 Å². The second-order valence-corrected chi connectivity index (χ2v) is 5.23. The molecular formula is C15H11Cl2NO3. The van der Waals surface area contributed by atoms with Crippen LogP contribution in [0.15, 0.2) is 36.4 Å². The first-order valence-corrected chi connectivity index (χ1v) is 6.74. The number of carbonyl (C=O) groups is 2. The lowest BCUT2D eigenvalue weighted by Gasteiger charge is -2.09. The van der Waals surface area contributed by atoms with Crippen molar-refractivity contribution in [1.82, 2.24) is 0 Å². The van der Waals surface area contributed by atoms with E-state index in [1.54, 1.807) is 18.2 Å². The number of aryl methyl sites for hydroxylation is 1. The number of amides is 1. The number of aromatic carboxylic acids is 1. The van der Waals surface area contributed by atoms with Crippen LogP contribution in [0.1, 0.15) is 26.3 Å². The van der Waals surface area contributed by atoms with E-state index in [0.29, 0.717) is 10.6 Å². The maximum Gasteiger partial charge on any atom is 0.335 e. The van der Waals surface area contributed by atoms with Gasteiger partial charge in [0.05, 0.1) is 16.3 Å². The Morgan fingerprint density at radius 1 is 1.00 bits per heavy atom. The molecule has 0 aromatic heterocycles. The molecule has 2 aromatic rings. The molecule has 1 amide bonds. The van der Waals surface area contributed by atoms with E-state index in [4.69, 9.17) is 28.3 Å². The van der Waals surface area contributed by atoms with Crippen molar-refractivity contribution in [3.8, 4) is 0 Å². The number of anilines is 1. The molecule has 0 bridgehead atoms. The molecule has 0 aliphatic heterocycles. The molecule has 0 aliphatic carbocycles. The van der Waals surface area contributed by atoms with Gasteiger partial charge in [0.1, 0.15) is 0 Å². The largest absolute Gasteiger partial charge is 0.478 e. The van der Waals surface area contributed by atoms with Crippen molar-refractivity contribution in [2.45, 2.75) is 6.92 Å². The first kappa shape index (κ1) is 15.4. The minimum atomic E-state index is -1.10. The van der Waals surface area contributed by atoms with Crippen LogP contribution in [0.4, 0.5) is 5.69 Å². The van der Waals surface area contributed by atoms with Crippen molar-refractivity contribution in [3.63, 3.8) is 0 Å². The van der Waals surface area contributed by atoms with Crippen molar-refractivity contribution < 1.29 is 14.7 Å². The Labute approximate surface area is 131 Å². The van der Waals surface area contributed by atoms with Gasteiger partial charge in [0.2, 0.25) is 0 Å². The van der Waals surface area contributed by atoms with Gasteiger partial charge in [-0.1, -0.05) is 29.3 Å². The Morgan fingerprint density at radius 2 is 1.67 bits per heavy atom. The number of hydrogen-bond acceptors (Lipinski definition) is 2. The molecule has 0 unspecified atom stereocenters. The van der Waals surface area contributed by atoms with Crippen LogP contribution >= 0.6 is 23.2 Å². The number of benzene rings is 2. The van der Waals surface area contributed by atoms with Gasteiger partial charge < -0.3 is 10.4 Å². The summed E-state index contributed by atoms with van der Waals surface area (Å²) in [4.78, 5) is 23.1. The van der Waals surface area contributed by atoms with Crippen molar-refractivity contribution in [3.05, 3.63) is 63.1 Å². The molecule has 108 valence electrons. The van der Waals surface area contributed by atoms with Crippen molar-refractivity contribution in [2.24, 2.45) is 0 Å². The van der Waals surface area contributed by atoms with Crippen molar-refractivity contribution in [1.29, 1.82) is 0 Å². The first-order valence-electron chi connectivity index (χ1n) is 5.99. The quantitative estimate of drug-likeness (QED) is 0.887. The fraction of sp³-hybridized carbons (Fsp3) is 0.0667. The Bertz CT molecular complexity index is 729. The fourth-order valence-corrected chi connectivity index (χ4v) is 2.03. The predicted molar refractivity (Wildman–Crippen MR) is 82.6 cm³/mol. The molecule has 0 radical (unpaired) electrons. The molecule has 0 aliphatic rings. The van der Waals surface area contributed by atoms with E-state index in [9.17, 15) is 9.59 Å². The molecular weight excluding hydrogens is 313 g/mol. The van der Waals surface area contributed by atoms with Crippen molar-refractivity contribution in [2.75, 3.05) is 5.32 Å². The zero-order valence-electron chi connectivity index (χ0n) is 11.0. The lowest BCUT2D eigenvalue weighted by atomic mass is 10.1. The molecule has 2 rings (SSSR count). The minimum Gasteiger partial charge on any atom is -0.478 e. The number of hydrogen-bond donors (Lipinski definition) is 2. The highest BCUT2D eigenvalue weighted by atomic mass is 35.5. The number of rotatable bonds is 3. The summed E-state index contributed by atoms with van der Waals surface area (Å²) < 4.78 is 0. The third kappa shape index (κ3) is 3.54. The number of carbonyl (C=O) groups excluding carboxylic acids is 1. The Kier molecular flexibility index (Phi) is 4.50. The van der Waals surface area contributed by atoms with E-state index in [1.807, 2.05) is 6.92 Å². The molecule has 2 aromatic carbocycles. The van der Waals surface area contributed by atoms with E-state index in [1.165, 1.54) is 18.2 Å². The van der Waals surface area contributed by atoms with Crippen LogP contribution in [-0.4, -0.2) is 17.0 Å². The molecule has 0 heterocycles. The van der Waals surface area contributed by atoms with Crippen LogP contribution in [0.2, 0.25) is 10.0 Å². The molecule has 2 N–H and O–H groups in total. The predicted octanol–water partition coefficient (Wildman–Crippen LogP) is 4.25. The van der Waals surface area contributed by atoms with Crippen LogP contribution in [0, 0.1) is 6.92 Å². The summed E-state index contributed by atoms with van der Waals surface area (Å²) in [5, 5.41) is 12.3. The number of carboxylic acids is 1. The Morgan fingerprint density at radius 3 is 2.29 bits per heavy atom. The summed E-state index contributed by atoms with van der Waals surface area (Å²) >= 11 is 11.9. The Balaban J connectivity index is 2.28. The van der Waals surface area contributed by atoms with E-state index in [2.05, 4.69) is 5.32 Å². The molecule has 21 heavy (non-hydrogen) atoms. The monoisotopic (exact) mass is 323 g/mol. The van der Waals surface area contributed by atoms with Crippen molar-refractivity contribution >= 4 is 40.8 Å². The van der Waals surface area contributed by atoms with Gasteiger partial charge in [0.25, 0.3) is 5.91 Å². The Hall–Kier alpha value is -2.04. The highest BCUT2D eigenvalue weighted by Crippen LogP contribution is 2.24. The highest BCUT2D eigenvalue weighted by molar-refractivity contribution is 6.34.